The average Bonchev–Trinajstić information content (AvgIpc) is 1.49. The van der Waals surface area contributed by atoms with Crippen molar-refractivity contribution >= 4 is 69.7 Å². The topological polar surface area (TPSA) is 274 Å². The van der Waals surface area contributed by atoms with Crippen LogP contribution in [0.5, 0.6) is 0 Å². The molecular formula is C63H77F2N23O4. The van der Waals surface area contributed by atoms with Gasteiger partial charge >= 0.3 is 6.03 Å². The summed E-state index contributed by atoms with van der Waals surface area (Å²) in [5.41, 5.74) is 5.28. The number of urea groups is 1. The van der Waals surface area contributed by atoms with Crippen LogP contribution in [0.25, 0.3) is 11.3 Å². The number of hydrogen-bond donors (Lipinski definition) is 3. The van der Waals surface area contributed by atoms with Crippen LogP contribution in [0.1, 0.15) is 75.2 Å². The average molecular weight is 1260 g/mol. The maximum atomic E-state index is 13.7. The van der Waals surface area contributed by atoms with E-state index < -0.39 is 17.3 Å². The minimum Gasteiger partial charge on any atom is -0.364 e. The highest BCUT2D eigenvalue weighted by Crippen LogP contribution is 2.39. The van der Waals surface area contributed by atoms with E-state index in [1.54, 1.807) is 72.3 Å². The van der Waals surface area contributed by atoms with Crippen LogP contribution in [0.15, 0.2) is 85.7 Å². The Hall–Kier alpha value is -9.48. The van der Waals surface area contributed by atoms with Gasteiger partial charge in [-0.2, -0.15) is 30.7 Å². The lowest BCUT2D eigenvalue weighted by Crippen LogP contribution is -2.64. The molecule has 27 nitrogen and oxygen atoms in total. The van der Waals surface area contributed by atoms with E-state index in [4.69, 9.17) is 9.97 Å². The lowest BCUT2D eigenvalue weighted by atomic mass is 9.94. The van der Waals surface area contributed by atoms with Crippen LogP contribution in [0.3, 0.4) is 0 Å². The van der Waals surface area contributed by atoms with Crippen LogP contribution < -0.4 is 25.8 Å². The van der Waals surface area contributed by atoms with Gasteiger partial charge in [0.25, 0.3) is 11.8 Å². The summed E-state index contributed by atoms with van der Waals surface area (Å²) in [5, 5.41) is 46.4. The molecule has 3 N–H and O–H groups in total. The fourth-order valence-corrected chi connectivity index (χ4v) is 13.8. The highest BCUT2D eigenvalue weighted by molar-refractivity contribution is 5.95. The van der Waals surface area contributed by atoms with Crippen molar-refractivity contribution in [1.29, 1.82) is 10.5 Å². The molecule has 7 aromatic rings. The molecule has 0 radical (unpaired) electrons. The fourth-order valence-electron chi connectivity index (χ4n) is 13.8. The molecule has 29 heteroatoms. The molecule has 7 fully saturated rings. The molecule has 4 atom stereocenters. The van der Waals surface area contributed by atoms with E-state index in [-0.39, 0.29) is 74.1 Å². The Morgan fingerprint density at radius 1 is 0.630 bits per heavy atom. The number of likely N-dealkylation sites (tertiary alicyclic amines) is 2. The zero-order valence-electron chi connectivity index (χ0n) is 52.2. The molecular weight excluding hydrogens is 1180 g/mol. The van der Waals surface area contributed by atoms with Gasteiger partial charge in [0.2, 0.25) is 23.7 Å². The molecule has 482 valence electrons. The van der Waals surface area contributed by atoms with E-state index in [0.29, 0.717) is 91.9 Å². The molecule has 92 heavy (non-hydrogen) atoms. The van der Waals surface area contributed by atoms with E-state index in [9.17, 15) is 38.5 Å². The number of pyridine rings is 2. The number of rotatable bonds is 15. The van der Waals surface area contributed by atoms with Gasteiger partial charge in [0.1, 0.15) is 13.1 Å². The van der Waals surface area contributed by atoms with Gasteiger partial charge in [-0.3, -0.25) is 23.7 Å². The van der Waals surface area contributed by atoms with Crippen LogP contribution in [0, 0.1) is 34.0 Å². The molecule has 4 unspecified atom stereocenters. The Kier molecular flexibility index (Phi) is 16.9. The van der Waals surface area contributed by atoms with Gasteiger partial charge in [0, 0.05) is 134 Å². The molecule has 13 heterocycles. The first kappa shape index (κ1) is 61.4. The molecule has 1 aromatic carbocycles. The summed E-state index contributed by atoms with van der Waals surface area (Å²) in [6, 6.07) is 19.6. The standard InChI is InChI=1S/C33H44F2N12O2.C30H33N11O2/c1-32(2,20-36)21-37-23-8-11-42(12-9-23)28(48)19-45-16-24(13-38-45)39-30-40-29-27(5-4-10-46(29)41-30)43-17-25-6-7-26(18-43)47(25)31(49)44-14-22(15-44)33(3,34)35;1-36-10-12-37(13-11-36)27(42)20-39-17-23(16-32-39)33-30-34-28-26(6-3-9-40(28)35-30)38-18-24-7-8-25(19-38)41(24)29(43)22-5-2-4-21(14-22)15-31/h4-5,10,13,16,22-23,25-26,37H,6-9,11-12,14-15,17-19,21H2,1-3H3,(H,39,41);2-6,9,14,16-17,24-25H,7-8,10-13,18-20H2,1H3,(H,33,35). The lowest BCUT2D eigenvalue weighted by Gasteiger charge is -2.48. The van der Waals surface area contributed by atoms with E-state index in [1.807, 2.05) is 70.1 Å². The van der Waals surface area contributed by atoms with Crippen molar-refractivity contribution in [2.45, 2.75) is 109 Å². The SMILES string of the molecule is CC(C)(C#N)CNC1CCN(C(=O)Cn2cc(Nc3nc4c(N5CC6CCC(C5)N6C(=O)N5CC(C(C)(F)F)C5)cccn4n3)cn2)CC1.CN1CCN(C(=O)Cn2cc(Nc3nc4c(N5CC6CCC(C5)N6C(=O)c5cccc(C#N)c5)cccn4n3)cn2)CC1. The van der Waals surface area contributed by atoms with Crippen molar-refractivity contribution in [3.63, 3.8) is 0 Å². The number of nitrogens with zero attached hydrogens (tertiary/aromatic N) is 20. The minimum absolute atomic E-state index is 0.00613. The number of benzene rings is 1. The normalized spacial score (nSPS) is 21.3. The number of anilines is 6. The maximum Gasteiger partial charge on any atom is 0.320 e. The molecule has 6 aromatic heterocycles. The summed E-state index contributed by atoms with van der Waals surface area (Å²) in [6.07, 6.45) is 15.9. The number of likely N-dealkylation sites (N-methyl/N-ethyl adjacent to an activating group) is 1. The number of fused-ring (bicyclic) bond motifs is 6. The molecule has 0 aliphatic carbocycles. The van der Waals surface area contributed by atoms with Crippen molar-refractivity contribution in [2.75, 3.05) is 113 Å². The monoisotopic (exact) mass is 1260 g/mol. The van der Waals surface area contributed by atoms with Crippen molar-refractivity contribution in [1.82, 2.24) is 83.5 Å². The second-order valence-corrected chi connectivity index (χ2v) is 26.2. The first-order valence-corrected chi connectivity index (χ1v) is 31.8. The van der Waals surface area contributed by atoms with Crippen molar-refractivity contribution < 1.29 is 28.0 Å². The number of amides is 5. The molecule has 7 aliphatic heterocycles. The Morgan fingerprint density at radius 2 is 1.14 bits per heavy atom. The van der Waals surface area contributed by atoms with Gasteiger partial charge in [-0.25, -0.2) is 22.6 Å². The van der Waals surface area contributed by atoms with Crippen LogP contribution >= 0.6 is 0 Å². The van der Waals surface area contributed by atoms with Crippen molar-refractivity contribution in [2.24, 2.45) is 11.3 Å². The number of nitriles is 2. The van der Waals surface area contributed by atoms with Crippen LogP contribution in [-0.4, -0.2) is 230 Å². The van der Waals surface area contributed by atoms with E-state index in [0.717, 1.165) is 88.6 Å². The van der Waals surface area contributed by atoms with Gasteiger partial charge in [0.15, 0.2) is 11.3 Å². The molecule has 7 aliphatic rings. The van der Waals surface area contributed by atoms with Gasteiger partial charge in [0.05, 0.1) is 76.3 Å². The van der Waals surface area contributed by atoms with E-state index >= 15 is 0 Å². The second kappa shape index (κ2) is 25.3. The number of hydrogen-bond acceptors (Lipinski definition) is 18. The zero-order chi connectivity index (χ0) is 64.0. The smallest absolute Gasteiger partial charge is 0.320 e. The number of piperidine rings is 1. The number of piperazine rings is 3. The number of nitrogens with one attached hydrogen (secondary N) is 3. The Bertz CT molecular complexity index is 3920. The Balaban J connectivity index is 0.000000169. The maximum absolute atomic E-state index is 13.7. The van der Waals surface area contributed by atoms with Gasteiger partial charge in [-0.1, -0.05) is 6.07 Å². The number of carbonyl (C=O) groups excluding carboxylic acids is 4. The van der Waals surface area contributed by atoms with Gasteiger partial charge < -0.3 is 55.1 Å². The molecule has 5 amide bonds. The number of halogens is 2. The van der Waals surface area contributed by atoms with E-state index in [1.165, 1.54) is 0 Å². The summed E-state index contributed by atoms with van der Waals surface area (Å²) in [5.74, 6) is -2.66. The third-order valence-corrected chi connectivity index (χ3v) is 19.1. The molecule has 0 spiro atoms. The van der Waals surface area contributed by atoms with Crippen LogP contribution in [0.2, 0.25) is 0 Å². The highest BCUT2D eigenvalue weighted by Gasteiger charge is 2.50. The summed E-state index contributed by atoms with van der Waals surface area (Å²) in [7, 11) is 2.07. The lowest BCUT2D eigenvalue weighted by molar-refractivity contribution is -0.134. The third-order valence-electron chi connectivity index (χ3n) is 19.1. The molecule has 7 saturated heterocycles. The zero-order valence-corrected chi connectivity index (χ0v) is 52.2. The highest BCUT2D eigenvalue weighted by atomic mass is 19.3. The predicted molar refractivity (Wildman–Crippen MR) is 336 cm³/mol. The largest absolute Gasteiger partial charge is 0.364 e. The number of alkyl halides is 2. The Labute approximate surface area is 531 Å². The molecule has 14 rings (SSSR count). The summed E-state index contributed by atoms with van der Waals surface area (Å²) >= 11 is 0. The summed E-state index contributed by atoms with van der Waals surface area (Å²) < 4.78 is 34.1. The predicted octanol–water partition coefficient (Wildman–Crippen LogP) is 4.97. The van der Waals surface area contributed by atoms with Crippen molar-refractivity contribution in [3.8, 4) is 12.1 Å². The minimum atomic E-state index is -2.77. The quantitative estimate of drug-likeness (QED) is 0.122. The second-order valence-electron chi connectivity index (χ2n) is 26.2. The fraction of sp³-hybridized carbons (Fsp3) is 0.524. The first-order valence-electron chi connectivity index (χ1n) is 31.8. The molecule has 4 bridgehead atoms. The van der Waals surface area contributed by atoms with Crippen LogP contribution in [0.4, 0.5) is 48.2 Å². The Morgan fingerprint density at radius 3 is 1.64 bits per heavy atom. The van der Waals surface area contributed by atoms with Crippen LogP contribution in [-0.2, 0) is 22.7 Å². The third kappa shape index (κ3) is 13.1. The summed E-state index contributed by atoms with van der Waals surface area (Å²) in [4.78, 5) is 78.0. The van der Waals surface area contributed by atoms with Crippen molar-refractivity contribution in [3.05, 3.63) is 96.8 Å². The number of carbonyl (C=O) groups is 4. The number of aromatic nitrogens is 10. The summed E-state index contributed by atoms with van der Waals surface area (Å²) in [6.45, 7) is 13.1. The molecule has 0 saturated carbocycles. The van der Waals surface area contributed by atoms with E-state index in [2.05, 4.69) is 70.2 Å². The van der Waals surface area contributed by atoms with Gasteiger partial charge in [-0.05, 0) is 109 Å². The van der Waals surface area contributed by atoms with Gasteiger partial charge in [-0.15, -0.1) is 10.2 Å². The first-order chi connectivity index (χ1) is 44.3.